The molecule has 19 heavy (non-hydrogen) atoms. The Balaban J connectivity index is 1.93. The van der Waals surface area contributed by atoms with Crippen LogP contribution in [0.4, 0.5) is 0 Å². The van der Waals surface area contributed by atoms with E-state index in [0.29, 0.717) is 11.8 Å². The van der Waals surface area contributed by atoms with E-state index >= 15 is 0 Å². The number of nitrogens with one attached hydrogen (secondary N) is 1. The van der Waals surface area contributed by atoms with E-state index in [2.05, 4.69) is 60.4 Å². The van der Waals surface area contributed by atoms with Crippen molar-refractivity contribution in [3.8, 4) is 0 Å². The quantitative estimate of drug-likeness (QED) is 0.865. The number of hydrogen-bond acceptors (Lipinski definition) is 2. The standard InChI is InChI=1S/C15H24N4/c1-12(2)14(15-5-7-17-19(15)4)10-16-9-13-6-8-18(3)11-13/h5-8,11-12,14,16H,9-10H2,1-4H3/t14-/m0/s1. The maximum Gasteiger partial charge on any atom is 0.0492 e. The van der Waals surface area contributed by atoms with Gasteiger partial charge in [0.2, 0.25) is 0 Å². The summed E-state index contributed by atoms with van der Waals surface area (Å²) in [6.07, 6.45) is 6.11. The first-order valence-corrected chi connectivity index (χ1v) is 6.87. The molecule has 2 heterocycles. The molecule has 2 aromatic heterocycles. The second-order valence-corrected chi connectivity index (χ2v) is 5.55. The first-order valence-electron chi connectivity index (χ1n) is 6.87. The summed E-state index contributed by atoms with van der Waals surface area (Å²) in [5, 5.41) is 7.83. The minimum atomic E-state index is 0.496. The van der Waals surface area contributed by atoms with Crippen molar-refractivity contribution in [2.45, 2.75) is 26.3 Å². The van der Waals surface area contributed by atoms with Gasteiger partial charge in [0.05, 0.1) is 0 Å². The van der Waals surface area contributed by atoms with Crippen molar-refractivity contribution in [3.05, 3.63) is 42.0 Å². The Bertz CT molecular complexity index is 510. The van der Waals surface area contributed by atoms with Crippen molar-refractivity contribution < 1.29 is 0 Å². The Morgan fingerprint density at radius 2 is 2.05 bits per heavy atom. The smallest absolute Gasteiger partial charge is 0.0492 e. The summed E-state index contributed by atoms with van der Waals surface area (Å²) in [6, 6.07) is 4.27. The summed E-state index contributed by atoms with van der Waals surface area (Å²) >= 11 is 0. The molecule has 0 radical (unpaired) electrons. The zero-order valence-electron chi connectivity index (χ0n) is 12.3. The number of nitrogens with zero attached hydrogens (tertiary/aromatic N) is 3. The fourth-order valence-electron chi connectivity index (χ4n) is 2.47. The van der Waals surface area contributed by atoms with Crippen LogP contribution in [0.5, 0.6) is 0 Å². The van der Waals surface area contributed by atoms with Gasteiger partial charge >= 0.3 is 0 Å². The molecule has 0 fully saturated rings. The summed E-state index contributed by atoms with van der Waals surface area (Å²) in [5.74, 6) is 1.09. The molecule has 0 aromatic carbocycles. The highest BCUT2D eigenvalue weighted by atomic mass is 15.3. The van der Waals surface area contributed by atoms with Crippen LogP contribution < -0.4 is 5.32 Å². The third-order valence-electron chi connectivity index (χ3n) is 3.63. The van der Waals surface area contributed by atoms with Crippen molar-refractivity contribution in [1.29, 1.82) is 0 Å². The highest BCUT2D eigenvalue weighted by Crippen LogP contribution is 2.22. The van der Waals surface area contributed by atoms with Crippen LogP contribution in [-0.4, -0.2) is 20.9 Å². The normalized spacial score (nSPS) is 13.1. The molecule has 104 valence electrons. The molecule has 0 bridgehead atoms. The molecule has 2 aromatic rings. The minimum absolute atomic E-state index is 0.496. The third kappa shape index (κ3) is 3.47. The van der Waals surface area contributed by atoms with Crippen molar-refractivity contribution >= 4 is 0 Å². The summed E-state index contributed by atoms with van der Waals surface area (Å²) in [6.45, 7) is 6.43. The SMILES string of the molecule is CC(C)[C@H](CNCc1ccn(C)c1)c1ccnn1C. The van der Waals surface area contributed by atoms with E-state index in [9.17, 15) is 0 Å². The molecule has 0 saturated heterocycles. The van der Waals surface area contributed by atoms with Crippen LogP contribution in [0.2, 0.25) is 0 Å². The van der Waals surface area contributed by atoms with Crippen molar-refractivity contribution in [3.63, 3.8) is 0 Å². The lowest BCUT2D eigenvalue weighted by molar-refractivity contribution is 0.437. The average Bonchev–Trinajstić information content (AvgIpc) is 2.94. The molecule has 4 heteroatoms. The number of rotatable bonds is 6. The average molecular weight is 260 g/mol. The van der Waals surface area contributed by atoms with E-state index in [1.165, 1.54) is 11.3 Å². The van der Waals surface area contributed by atoms with Crippen LogP contribution in [0.25, 0.3) is 0 Å². The van der Waals surface area contributed by atoms with Gasteiger partial charge in [-0.1, -0.05) is 13.8 Å². The monoisotopic (exact) mass is 260 g/mol. The molecule has 0 aliphatic carbocycles. The minimum Gasteiger partial charge on any atom is -0.357 e. The van der Waals surface area contributed by atoms with Crippen LogP contribution in [0.3, 0.4) is 0 Å². The highest BCUT2D eigenvalue weighted by Gasteiger charge is 2.18. The lowest BCUT2D eigenvalue weighted by Gasteiger charge is -2.21. The second kappa shape index (κ2) is 6.06. The molecule has 0 aliphatic rings. The zero-order valence-corrected chi connectivity index (χ0v) is 12.3. The maximum absolute atomic E-state index is 4.28. The van der Waals surface area contributed by atoms with Gasteiger partial charge in [0.1, 0.15) is 0 Å². The highest BCUT2D eigenvalue weighted by molar-refractivity contribution is 5.11. The van der Waals surface area contributed by atoms with Crippen LogP contribution in [0, 0.1) is 5.92 Å². The first kappa shape index (κ1) is 13.9. The molecule has 0 aliphatic heterocycles. The topological polar surface area (TPSA) is 34.8 Å². The van der Waals surface area contributed by atoms with Gasteiger partial charge in [0, 0.05) is 57.4 Å². The molecular formula is C15H24N4. The second-order valence-electron chi connectivity index (χ2n) is 5.55. The van der Waals surface area contributed by atoms with Gasteiger partial charge < -0.3 is 9.88 Å². The first-order chi connectivity index (χ1) is 9.08. The summed E-state index contributed by atoms with van der Waals surface area (Å²) < 4.78 is 4.06. The van der Waals surface area contributed by atoms with Gasteiger partial charge in [-0.05, 0) is 23.6 Å². The Labute approximate surface area is 115 Å². The molecule has 1 atom stereocenters. The van der Waals surface area contributed by atoms with Crippen molar-refractivity contribution in [1.82, 2.24) is 19.7 Å². The molecule has 0 unspecified atom stereocenters. The largest absolute Gasteiger partial charge is 0.357 e. The molecule has 2 rings (SSSR count). The van der Waals surface area contributed by atoms with Gasteiger partial charge in [-0.2, -0.15) is 5.10 Å². The predicted octanol–water partition coefficient (Wildman–Crippen LogP) is 2.29. The van der Waals surface area contributed by atoms with Crippen LogP contribution in [-0.2, 0) is 20.6 Å². The Kier molecular flexibility index (Phi) is 4.43. The van der Waals surface area contributed by atoms with E-state index < -0.39 is 0 Å². The molecule has 0 saturated carbocycles. The molecule has 0 amide bonds. The molecule has 0 spiro atoms. The zero-order chi connectivity index (χ0) is 13.8. The van der Waals surface area contributed by atoms with E-state index in [4.69, 9.17) is 0 Å². The van der Waals surface area contributed by atoms with Gasteiger partial charge in [0.15, 0.2) is 0 Å². The predicted molar refractivity (Wildman–Crippen MR) is 77.9 cm³/mol. The van der Waals surface area contributed by atoms with Gasteiger partial charge in [0.25, 0.3) is 0 Å². The van der Waals surface area contributed by atoms with E-state index in [-0.39, 0.29) is 0 Å². The third-order valence-corrected chi connectivity index (χ3v) is 3.63. The number of aryl methyl sites for hydroxylation is 2. The Hall–Kier alpha value is -1.55. The lowest BCUT2D eigenvalue weighted by atomic mass is 9.92. The number of aromatic nitrogens is 3. The summed E-state index contributed by atoms with van der Waals surface area (Å²) in [4.78, 5) is 0. The van der Waals surface area contributed by atoms with Crippen LogP contribution >= 0.6 is 0 Å². The van der Waals surface area contributed by atoms with Gasteiger partial charge in [-0.3, -0.25) is 4.68 Å². The Morgan fingerprint density at radius 1 is 1.26 bits per heavy atom. The lowest BCUT2D eigenvalue weighted by Crippen LogP contribution is -2.26. The molecular weight excluding hydrogens is 236 g/mol. The summed E-state index contributed by atoms with van der Waals surface area (Å²) in [7, 11) is 4.07. The van der Waals surface area contributed by atoms with Gasteiger partial charge in [-0.25, -0.2) is 0 Å². The van der Waals surface area contributed by atoms with Crippen LogP contribution in [0.15, 0.2) is 30.7 Å². The van der Waals surface area contributed by atoms with E-state index in [0.717, 1.165) is 13.1 Å². The maximum atomic E-state index is 4.28. The van der Waals surface area contributed by atoms with E-state index in [1.54, 1.807) is 0 Å². The molecule has 4 nitrogen and oxygen atoms in total. The molecule has 1 N–H and O–H groups in total. The van der Waals surface area contributed by atoms with E-state index in [1.807, 2.05) is 17.9 Å². The Morgan fingerprint density at radius 3 is 2.58 bits per heavy atom. The fraction of sp³-hybridized carbons (Fsp3) is 0.533. The van der Waals surface area contributed by atoms with Gasteiger partial charge in [-0.15, -0.1) is 0 Å². The fourth-order valence-corrected chi connectivity index (χ4v) is 2.47. The summed E-state index contributed by atoms with van der Waals surface area (Å²) in [5.41, 5.74) is 2.63. The van der Waals surface area contributed by atoms with Crippen molar-refractivity contribution in [2.75, 3.05) is 6.54 Å². The van der Waals surface area contributed by atoms with Crippen LogP contribution in [0.1, 0.15) is 31.0 Å². The number of hydrogen-bond donors (Lipinski definition) is 1. The van der Waals surface area contributed by atoms with Crippen molar-refractivity contribution in [2.24, 2.45) is 20.0 Å².